The molecule has 0 spiro atoms. The van der Waals surface area contributed by atoms with Crippen LogP contribution in [-0.4, -0.2) is 13.2 Å². The highest BCUT2D eigenvalue weighted by atomic mass is 16.6. The molecule has 9 heavy (non-hydrogen) atoms. The van der Waals surface area contributed by atoms with Crippen molar-refractivity contribution in [3.8, 4) is 12.3 Å². The molecule has 0 aliphatic carbocycles. The molecule has 0 bridgehead atoms. The first-order chi connectivity index (χ1) is 4.41. The van der Waals surface area contributed by atoms with E-state index in [0.29, 0.717) is 19.6 Å². The van der Waals surface area contributed by atoms with Gasteiger partial charge in [-0.1, -0.05) is 6.08 Å². The maximum absolute atomic E-state index is 4.98. The fraction of sp³-hybridized carbons (Fsp3) is 0.429. The van der Waals surface area contributed by atoms with Crippen LogP contribution in [0.15, 0.2) is 12.7 Å². The lowest BCUT2D eigenvalue weighted by atomic mass is 10.5. The predicted molar refractivity (Wildman–Crippen MR) is 37.6 cm³/mol. The molecule has 0 aromatic heterocycles. The molecule has 0 aliphatic heterocycles. The summed E-state index contributed by atoms with van der Waals surface area (Å²) in [6.45, 7) is 4.69. The van der Waals surface area contributed by atoms with Gasteiger partial charge in [-0.25, -0.2) is 5.48 Å². The van der Waals surface area contributed by atoms with Gasteiger partial charge in [0, 0.05) is 13.0 Å². The molecule has 50 valence electrons. The van der Waals surface area contributed by atoms with Gasteiger partial charge >= 0.3 is 0 Å². The molecule has 0 aliphatic rings. The Labute approximate surface area is 55.9 Å². The van der Waals surface area contributed by atoms with Crippen molar-refractivity contribution in [2.24, 2.45) is 0 Å². The van der Waals surface area contributed by atoms with Crippen molar-refractivity contribution in [3.63, 3.8) is 0 Å². The minimum Gasteiger partial charge on any atom is -0.298 e. The van der Waals surface area contributed by atoms with E-state index in [-0.39, 0.29) is 0 Å². The van der Waals surface area contributed by atoms with Gasteiger partial charge in [-0.3, -0.25) is 4.84 Å². The summed E-state index contributed by atoms with van der Waals surface area (Å²) in [7, 11) is 0. The van der Waals surface area contributed by atoms with Crippen LogP contribution in [0.1, 0.15) is 6.42 Å². The lowest BCUT2D eigenvalue weighted by Crippen LogP contribution is -2.15. The third-order valence-corrected chi connectivity index (χ3v) is 0.675. The zero-order chi connectivity index (χ0) is 6.95. The number of hydroxylamine groups is 1. The monoisotopic (exact) mass is 125 g/mol. The average Bonchev–Trinajstić information content (AvgIpc) is 1.89. The molecule has 0 fully saturated rings. The van der Waals surface area contributed by atoms with Crippen LogP contribution in [0, 0.1) is 12.3 Å². The summed E-state index contributed by atoms with van der Waals surface area (Å²) in [5.41, 5.74) is 2.67. The zero-order valence-electron chi connectivity index (χ0n) is 5.39. The molecule has 0 aromatic carbocycles. The van der Waals surface area contributed by atoms with Crippen LogP contribution in [0.3, 0.4) is 0 Å². The van der Waals surface area contributed by atoms with E-state index in [2.05, 4.69) is 18.0 Å². The van der Waals surface area contributed by atoms with Crippen LogP contribution >= 0.6 is 0 Å². The molecule has 0 unspecified atom stereocenters. The lowest BCUT2D eigenvalue weighted by Gasteiger charge is -1.98. The van der Waals surface area contributed by atoms with E-state index in [1.165, 1.54) is 0 Å². The number of nitrogens with one attached hydrogen (secondary N) is 1. The van der Waals surface area contributed by atoms with Crippen molar-refractivity contribution >= 4 is 0 Å². The Morgan fingerprint density at radius 2 is 2.56 bits per heavy atom. The lowest BCUT2D eigenvalue weighted by molar-refractivity contribution is 0.0644. The standard InChI is InChI=1S/C7H11NO/c1-3-5-6-8-9-7-4-2/h1,4,8H,2,5-7H2. The first-order valence-electron chi connectivity index (χ1n) is 2.81. The Hall–Kier alpha value is -0.780. The molecule has 2 heteroatoms. The maximum atomic E-state index is 4.98. The third-order valence-electron chi connectivity index (χ3n) is 0.675. The number of hydrogen-bond donors (Lipinski definition) is 1. The van der Waals surface area contributed by atoms with E-state index in [0.717, 1.165) is 0 Å². The van der Waals surface area contributed by atoms with Crippen LogP contribution in [0.2, 0.25) is 0 Å². The fourth-order valence-electron chi connectivity index (χ4n) is 0.313. The summed E-state index contributed by atoms with van der Waals surface area (Å²) < 4.78 is 0. The first-order valence-corrected chi connectivity index (χ1v) is 2.81. The van der Waals surface area contributed by atoms with Gasteiger partial charge in [0.05, 0.1) is 6.61 Å². The molecular formula is C7H11NO. The van der Waals surface area contributed by atoms with E-state index < -0.39 is 0 Å². The van der Waals surface area contributed by atoms with E-state index in [1.54, 1.807) is 6.08 Å². The molecule has 2 nitrogen and oxygen atoms in total. The summed E-state index contributed by atoms with van der Waals surface area (Å²) in [6.07, 6.45) is 7.34. The van der Waals surface area contributed by atoms with Gasteiger partial charge in [-0.15, -0.1) is 18.9 Å². The topological polar surface area (TPSA) is 21.3 Å². The van der Waals surface area contributed by atoms with E-state index >= 15 is 0 Å². The van der Waals surface area contributed by atoms with Gasteiger partial charge in [0.1, 0.15) is 0 Å². The van der Waals surface area contributed by atoms with E-state index in [4.69, 9.17) is 11.3 Å². The molecule has 0 atom stereocenters. The maximum Gasteiger partial charge on any atom is 0.0861 e. The van der Waals surface area contributed by atoms with Gasteiger partial charge in [0.25, 0.3) is 0 Å². The molecule has 0 saturated carbocycles. The van der Waals surface area contributed by atoms with Crippen LogP contribution in [-0.2, 0) is 4.84 Å². The summed E-state index contributed by atoms with van der Waals surface area (Å²) >= 11 is 0. The Morgan fingerprint density at radius 3 is 3.11 bits per heavy atom. The molecule has 0 saturated heterocycles. The highest BCUT2D eigenvalue weighted by molar-refractivity contribution is 4.83. The second kappa shape index (κ2) is 7.22. The molecule has 0 radical (unpaired) electrons. The van der Waals surface area contributed by atoms with E-state index in [9.17, 15) is 0 Å². The van der Waals surface area contributed by atoms with Crippen molar-refractivity contribution in [2.75, 3.05) is 13.2 Å². The Balaban J connectivity index is 2.76. The summed E-state index contributed by atoms with van der Waals surface area (Å²) in [6, 6.07) is 0. The summed E-state index contributed by atoms with van der Waals surface area (Å²) in [5, 5.41) is 0. The Kier molecular flexibility index (Phi) is 6.59. The van der Waals surface area contributed by atoms with Crippen LogP contribution < -0.4 is 5.48 Å². The largest absolute Gasteiger partial charge is 0.298 e. The number of terminal acetylenes is 1. The third kappa shape index (κ3) is 7.22. The van der Waals surface area contributed by atoms with Crippen molar-refractivity contribution in [2.45, 2.75) is 6.42 Å². The molecule has 0 heterocycles. The fourth-order valence-corrected chi connectivity index (χ4v) is 0.313. The number of rotatable bonds is 5. The quantitative estimate of drug-likeness (QED) is 0.253. The smallest absolute Gasteiger partial charge is 0.0861 e. The van der Waals surface area contributed by atoms with Crippen LogP contribution in [0.4, 0.5) is 0 Å². The second-order valence-electron chi connectivity index (χ2n) is 1.45. The summed E-state index contributed by atoms with van der Waals surface area (Å²) in [4.78, 5) is 4.82. The van der Waals surface area contributed by atoms with Gasteiger partial charge in [-0.2, -0.15) is 0 Å². The summed E-state index contributed by atoms with van der Waals surface area (Å²) in [5.74, 6) is 2.48. The first kappa shape index (κ1) is 8.22. The van der Waals surface area contributed by atoms with Crippen molar-refractivity contribution < 1.29 is 4.84 Å². The van der Waals surface area contributed by atoms with Gasteiger partial charge < -0.3 is 0 Å². The second-order valence-corrected chi connectivity index (χ2v) is 1.45. The minimum absolute atomic E-state index is 0.518. The predicted octanol–water partition coefficient (Wildman–Crippen LogP) is 0.717. The Bertz CT molecular complexity index is 104. The van der Waals surface area contributed by atoms with Crippen molar-refractivity contribution in [1.29, 1.82) is 0 Å². The number of hydrogen-bond acceptors (Lipinski definition) is 2. The average molecular weight is 125 g/mol. The van der Waals surface area contributed by atoms with Crippen molar-refractivity contribution in [1.82, 2.24) is 5.48 Å². The van der Waals surface area contributed by atoms with Crippen LogP contribution in [0.5, 0.6) is 0 Å². The van der Waals surface area contributed by atoms with Gasteiger partial charge in [-0.05, 0) is 0 Å². The Morgan fingerprint density at radius 1 is 1.78 bits per heavy atom. The highest BCUT2D eigenvalue weighted by Crippen LogP contribution is 1.71. The normalized spacial score (nSPS) is 8.33. The van der Waals surface area contributed by atoms with Gasteiger partial charge in [0.2, 0.25) is 0 Å². The van der Waals surface area contributed by atoms with Crippen molar-refractivity contribution in [3.05, 3.63) is 12.7 Å². The zero-order valence-corrected chi connectivity index (χ0v) is 5.39. The highest BCUT2D eigenvalue weighted by Gasteiger charge is 1.79. The molecular weight excluding hydrogens is 114 g/mol. The minimum atomic E-state index is 0.518. The van der Waals surface area contributed by atoms with E-state index in [1.807, 2.05) is 0 Å². The van der Waals surface area contributed by atoms with Crippen LogP contribution in [0.25, 0.3) is 0 Å². The molecule has 0 aromatic rings. The van der Waals surface area contributed by atoms with Gasteiger partial charge in [0.15, 0.2) is 0 Å². The SMILES string of the molecule is C#CCCNOCC=C. The molecule has 0 rings (SSSR count). The molecule has 1 N–H and O–H groups in total. The molecule has 0 amide bonds.